The van der Waals surface area contributed by atoms with Crippen LogP contribution >= 0.6 is 11.6 Å². The first-order valence-electron chi connectivity index (χ1n) is 9.45. The number of rotatable bonds is 4. The largest absolute Gasteiger partial charge is 0.454 e. The Morgan fingerprint density at radius 3 is 3.14 bits per heavy atom. The minimum atomic E-state index is -0.135. The molecule has 5 rings (SSSR count). The van der Waals surface area contributed by atoms with Crippen molar-refractivity contribution in [2.45, 2.75) is 19.4 Å². The Hall–Kier alpha value is -3.07. The van der Waals surface area contributed by atoms with Gasteiger partial charge >= 0.3 is 0 Å². The van der Waals surface area contributed by atoms with Gasteiger partial charge in [-0.05, 0) is 42.1 Å². The highest BCUT2D eigenvalue weighted by Gasteiger charge is 2.28. The van der Waals surface area contributed by atoms with Crippen molar-refractivity contribution in [1.29, 1.82) is 0 Å². The minimum absolute atomic E-state index is 0.0216. The first kappa shape index (κ1) is 18.0. The molecule has 0 saturated carbocycles. The summed E-state index contributed by atoms with van der Waals surface area (Å²) in [7, 11) is 0. The number of hydrogen-bond donors (Lipinski definition) is 2. The smallest absolute Gasteiger partial charge is 0.231 e. The summed E-state index contributed by atoms with van der Waals surface area (Å²) in [4.78, 5) is 30.6. The van der Waals surface area contributed by atoms with E-state index in [2.05, 4.69) is 30.2 Å². The van der Waals surface area contributed by atoms with Crippen molar-refractivity contribution in [3.63, 3.8) is 0 Å². The molecule has 1 amide bonds. The molecule has 1 atom stereocenters. The van der Waals surface area contributed by atoms with Crippen molar-refractivity contribution in [2.24, 2.45) is 5.92 Å². The molecule has 0 aliphatic carbocycles. The van der Waals surface area contributed by atoms with E-state index in [1.165, 1.54) is 0 Å². The van der Waals surface area contributed by atoms with Crippen molar-refractivity contribution in [2.75, 3.05) is 24.8 Å². The molecular weight excluding hydrogens is 396 g/mol. The van der Waals surface area contributed by atoms with E-state index >= 15 is 0 Å². The van der Waals surface area contributed by atoms with E-state index < -0.39 is 0 Å². The molecule has 1 aromatic carbocycles. The van der Waals surface area contributed by atoms with Gasteiger partial charge in [0, 0.05) is 19.6 Å². The predicted octanol–water partition coefficient (Wildman–Crippen LogP) is 2.27. The number of fused-ring (bicyclic) bond motifs is 2. The standard InChI is InChI=1S/C19H19ClN6O3/c20-19-24-16-15(22-9-23-16)17(25-19)26-5-1-2-12(8-26)18(27)21-7-11-3-4-13-14(6-11)29-10-28-13/h3-4,6,9,12H,1-2,5,7-8,10H2,(H,21,27)(H,22,23,24,25). The molecule has 150 valence electrons. The number of carbonyl (C=O) groups excluding carboxylic acids is 1. The third-order valence-electron chi connectivity index (χ3n) is 5.23. The van der Waals surface area contributed by atoms with Crippen LogP contribution in [0.1, 0.15) is 18.4 Å². The van der Waals surface area contributed by atoms with Crippen LogP contribution in [0.5, 0.6) is 11.5 Å². The van der Waals surface area contributed by atoms with Gasteiger partial charge in [-0.2, -0.15) is 9.97 Å². The zero-order valence-electron chi connectivity index (χ0n) is 15.5. The third kappa shape index (κ3) is 3.53. The molecule has 0 bridgehead atoms. The number of benzene rings is 1. The van der Waals surface area contributed by atoms with E-state index in [4.69, 9.17) is 21.1 Å². The quantitative estimate of drug-likeness (QED) is 0.631. The molecule has 2 aromatic heterocycles. The molecule has 29 heavy (non-hydrogen) atoms. The number of anilines is 1. The van der Waals surface area contributed by atoms with Crippen LogP contribution < -0.4 is 19.7 Å². The summed E-state index contributed by atoms with van der Waals surface area (Å²) in [5.41, 5.74) is 2.22. The summed E-state index contributed by atoms with van der Waals surface area (Å²) < 4.78 is 10.7. The molecule has 2 N–H and O–H groups in total. The number of nitrogens with one attached hydrogen (secondary N) is 2. The van der Waals surface area contributed by atoms with Crippen molar-refractivity contribution in [3.8, 4) is 11.5 Å². The molecule has 9 nitrogen and oxygen atoms in total. The van der Waals surface area contributed by atoms with Crippen LogP contribution in [-0.2, 0) is 11.3 Å². The summed E-state index contributed by atoms with van der Waals surface area (Å²) in [5, 5.41) is 3.18. The van der Waals surface area contributed by atoms with Crippen LogP contribution in [0.4, 0.5) is 5.82 Å². The lowest BCUT2D eigenvalue weighted by Gasteiger charge is -2.33. The number of nitrogens with zero attached hydrogens (tertiary/aromatic N) is 4. The molecule has 10 heteroatoms. The molecule has 1 saturated heterocycles. The Morgan fingerprint density at radius 2 is 2.21 bits per heavy atom. The molecular formula is C19H19ClN6O3. The SMILES string of the molecule is O=C(NCc1ccc2c(c1)OCO2)C1CCCN(c2nc(Cl)nc3nc[nH]c23)C1. The molecule has 1 fully saturated rings. The maximum atomic E-state index is 12.8. The first-order chi connectivity index (χ1) is 14.2. The van der Waals surface area contributed by atoms with E-state index in [0.29, 0.717) is 30.3 Å². The molecule has 1 unspecified atom stereocenters. The fraction of sp³-hybridized carbons (Fsp3) is 0.368. The van der Waals surface area contributed by atoms with Crippen LogP contribution in [0.25, 0.3) is 11.2 Å². The summed E-state index contributed by atoms with van der Waals surface area (Å²) in [6, 6.07) is 5.69. The second-order valence-corrected chi connectivity index (χ2v) is 7.45. The number of amides is 1. The van der Waals surface area contributed by atoms with Gasteiger partial charge in [-0.15, -0.1) is 0 Å². The number of aromatic nitrogens is 4. The van der Waals surface area contributed by atoms with Gasteiger partial charge in [-0.3, -0.25) is 4.79 Å². The monoisotopic (exact) mass is 414 g/mol. The maximum absolute atomic E-state index is 12.8. The number of H-pyrrole nitrogens is 1. The van der Waals surface area contributed by atoms with Crippen LogP contribution in [0.2, 0.25) is 5.28 Å². The number of aromatic amines is 1. The number of ether oxygens (including phenoxy) is 2. The fourth-order valence-electron chi connectivity index (χ4n) is 3.79. The van der Waals surface area contributed by atoms with Crippen LogP contribution in [-0.4, -0.2) is 45.7 Å². The van der Waals surface area contributed by atoms with Crippen molar-refractivity contribution in [1.82, 2.24) is 25.3 Å². The Morgan fingerprint density at radius 1 is 1.31 bits per heavy atom. The Kier molecular flexibility index (Phi) is 4.59. The molecule has 3 aromatic rings. The second kappa shape index (κ2) is 7.40. The fourth-order valence-corrected chi connectivity index (χ4v) is 3.95. The summed E-state index contributed by atoms with van der Waals surface area (Å²) in [5.74, 6) is 2.02. The average Bonchev–Trinajstić information content (AvgIpc) is 3.40. The zero-order chi connectivity index (χ0) is 19.8. The lowest BCUT2D eigenvalue weighted by molar-refractivity contribution is -0.125. The topological polar surface area (TPSA) is 105 Å². The minimum Gasteiger partial charge on any atom is -0.454 e. The van der Waals surface area contributed by atoms with Crippen LogP contribution in [0, 0.1) is 5.92 Å². The normalized spacial score (nSPS) is 18.2. The van der Waals surface area contributed by atoms with Gasteiger partial charge in [0.25, 0.3) is 0 Å². The third-order valence-corrected chi connectivity index (χ3v) is 5.40. The van der Waals surface area contributed by atoms with E-state index in [-0.39, 0.29) is 23.9 Å². The number of halogens is 1. The Balaban J connectivity index is 1.26. The number of hydrogen-bond acceptors (Lipinski definition) is 7. The molecule has 4 heterocycles. The van der Waals surface area contributed by atoms with Gasteiger partial charge in [0.1, 0.15) is 5.52 Å². The lowest BCUT2D eigenvalue weighted by atomic mass is 9.97. The average molecular weight is 415 g/mol. The van der Waals surface area contributed by atoms with Gasteiger partial charge in [-0.1, -0.05) is 6.07 Å². The second-order valence-electron chi connectivity index (χ2n) is 7.11. The highest BCUT2D eigenvalue weighted by atomic mass is 35.5. The van der Waals surface area contributed by atoms with Crippen LogP contribution in [0.15, 0.2) is 24.5 Å². The molecule has 2 aliphatic rings. The van der Waals surface area contributed by atoms with Crippen LogP contribution in [0.3, 0.4) is 0 Å². The van der Waals surface area contributed by atoms with Gasteiger partial charge in [0.2, 0.25) is 18.0 Å². The van der Waals surface area contributed by atoms with E-state index in [0.717, 1.165) is 36.2 Å². The maximum Gasteiger partial charge on any atom is 0.231 e. The van der Waals surface area contributed by atoms with Gasteiger partial charge in [-0.25, -0.2) is 4.98 Å². The predicted molar refractivity (Wildman–Crippen MR) is 106 cm³/mol. The summed E-state index contributed by atoms with van der Waals surface area (Å²) >= 11 is 6.06. The van der Waals surface area contributed by atoms with Gasteiger partial charge in [0.05, 0.1) is 12.2 Å². The van der Waals surface area contributed by atoms with E-state index in [1.807, 2.05) is 18.2 Å². The van der Waals surface area contributed by atoms with Crippen molar-refractivity contribution >= 4 is 34.5 Å². The highest BCUT2D eigenvalue weighted by Crippen LogP contribution is 2.32. The molecule has 0 spiro atoms. The van der Waals surface area contributed by atoms with Crippen molar-refractivity contribution in [3.05, 3.63) is 35.4 Å². The number of imidazole rings is 1. The zero-order valence-corrected chi connectivity index (χ0v) is 16.3. The lowest BCUT2D eigenvalue weighted by Crippen LogP contribution is -2.43. The number of piperidine rings is 1. The van der Waals surface area contributed by atoms with E-state index in [9.17, 15) is 4.79 Å². The van der Waals surface area contributed by atoms with Crippen molar-refractivity contribution < 1.29 is 14.3 Å². The Labute approximate surface area is 171 Å². The molecule has 0 radical (unpaired) electrons. The summed E-state index contributed by atoms with van der Waals surface area (Å²) in [6.07, 6.45) is 3.28. The number of carbonyl (C=O) groups is 1. The van der Waals surface area contributed by atoms with Gasteiger partial charge in [0.15, 0.2) is 23.0 Å². The molecule has 2 aliphatic heterocycles. The van der Waals surface area contributed by atoms with Gasteiger partial charge < -0.3 is 24.7 Å². The highest BCUT2D eigenvalue weighted by molar-refractivity contribution is 6.28. The summed E-state index contributed by atoms with van der Waals surface area (Å²) in [6.45, 7) is 2.04. The van der Waals surface area contributed by atoms with E-state index in [1.54, 1.807) is 6.33 Å². The Bertz CT molecular complexity index is 1070. The first-order valence-corrected chi connectivity index (χ1v) is 9.83.